The minimum absolute atomic E-state index is 0.0134. The van der Waals surface area contributed by atoms with Crippen LogP contribution in [-0.4, -0.2) is 52.3 Å². The molecular formula is C14H28N2O4. The molecule has 0 spiro atoms. The average Bonchev–Trinajstić information content (AvgIpc) is 2.37. The monoisotopic (exact) mass is 288 g/mol. The van der Waals surface area contributed by atoms with Crippen molar-refractivity contribution in [1.82, 2.24) is 10.2 Å². The molecule has 6 nitrogen and oxygen atoms in total. The first-order valence-electron chi connectivity index (χ1n) is 7.28. The van der Waals surface area contributed by atoms with Crippen molar-refractivity contribution in [2.45, 2.75) is 59.0 Å². The van der Waals surface area contributed by atoms with Crippen molar-refractivity contribution in [2.24, 2.45) is 5.92 Å². The van der Waals surface area contributed by atoms with Crippen LogP contribution in [0.25, 0.3) is 0 Å². The molecule has 0 aliphatic carbocycles. The Morgan fingerprint density at radius 1 is 1.20 bits per heavy atom. The molecule has 0 fully saturated rings. The number of hydrogen-bond acceptors (Lipinski definition) is 3. The summed E-state index contributed by atoms with van der Waals surface area (Å²) in [4.78, 5) is 25.0. The molecule has 20 heavy (non-hydrogen) atoms. The van der Waals surface area contributed by atoms with Crippen LogP contribution in [0.3, 0.4) is 0 Å². The predicted octanol–water partition coefficient (Wildman–Crippen LogP) is 1.68. The van der Waals surface area contributed by atoms with E-state index >= 15 is 0 Å². The zero-order valence-electron chi connectivity index (χ0n) is 12.9. The summed E-state index contributed by atoms with van der Waals surface area (Å²) < 4.78 is 0. The zero-order chi connectivity index (χ0) is 15.7. The lowest BCUT2D eigenvalue weighted by Crippen LogP contribution is -2.52. The lowest BCUT2D eigenvalue weighted by molar-refractivity contribution is -0.139. The Morgan fingerprint density at radius 3 is 2.10 bits per heavy atom. The summed E-state index contributed by atoms with van der Waals surface area (Å²) in [6.45, 7) is 8.38. The van der Waals surface area contributed by atoms with Crippen molar-refractivity contribution in [3.05, 3.63) is 0 Å². The number of carboxylic acid groups (broad SMARTS) is 1. The Balaban J connectivity index is 4.88. The summed E-state index contributed by atoms with van der Waals surface area (Å²) in [5, 5.41) is 20.4. The molecule has 0 aliphatic heterocycles. The van der Waals surface area contributed by atoms with Crippen LogP contribution in [0.15, 0.2) is 0 Å². The molecule has 0 radical (unpaired) electrons. The van der Waals surface area contributed by atoms with Gasteiger partial charge < -0.3 is 20.4 Å². The number of hydrogen-bond donors (Lipinski definition) is 3. The van der Waals surface area contributed by atoms with Crippen LogP contribution in [0.2, 0.25) is 0 Å². The van der Waals surface area contributed by atoms with Gasteiger partial charge in [-0.15, -0.1) is 0 Å². The Labute approximate surface area is 121 Å². The SMILES string of the molecule is CCC(CC)N(CC(C)C)C(=O)N[C@H](CCO)C(=O)O. The van der Waals surface area contributed by atoms with Gasteiger partial charge in [0, 0.05) is 25.6 Å². The van der Waals surface area contributed by atoms with E-state index in [2.05, 4.69) is 5.32 Å². The van der Waals surface area contributed by atoms with Gasteiger partial charge in [-0.25, -0.2) is 9.59 Å². The first-order chi connectivity index (χ1) is 9.37. The lowest BCUT2D eigenvalue weighted by Gasteiger charge is -2.33. The van der Waals surface area contributed by atoms with E-state index in [4.69, 9.17) is 10.2 Å². The summed E-state index contributed by atoms with van der Waals surface area (Å²) in [5.41, 5.74) is 0. The van der Waals surface area contributed by atoms with Crippen molar-refractivity contribution in [3.63, 3.8) is 0 Å². The highest BCUT2D eigenvalue weighted by molar-refractivity contribution is 5.82. The molecule has 0 aromatic heterocycles. The molecule has 0 bridgehead atoms. The van der Waals surface area contributed by atoms with E-state index in [1.807, 2.05) is 27.7 Å². The van der Waals surface area contributed by atoms with Gasteiger partial charge in [-0.3, -0.25) is 0 Å². The number of carbonyl (C=O) groups excluding carboxylic acids is 1. The van der Waals surface area contributed by atoms with E-state index in [0.717, 1.165) is 12.8 Å². The molecule has 0 aliphatic rings. The zero-order valence-corrected chi connectivity index (χ0v) is 12.9. The molecular weight excluding hydrogens is 260 g/mol. The maximum Gasteiger partial charge on any atom is 0.326 e. The predicted molar refractivity (Wildman–Crippen MR) is 77.6 cm³/mol. The van der Waals surface area contributed by atoms with Gasteiger partial charge in [0.25, 0.3) is 0 Å². The first-order valence-corrected chi connectivity index (χ1v) is 7.28. The number of nitrogens with zero attached hydrogens (tertiary/aromatic N) is 1. The fourth-order valence-corrected chi connectivity index (χ4v) is 2.14. The Hall–Kier alpha value is -1.30. The molecule has 0 saturated heterocycles. The topological polar surface area (TPSA) is 89.9 Å². The summed E-state index contributed by atoms with van der Waals surface area (Å²) in [5.74, 6) is -0.816. The maximum absolute atomic E-state index is 12.3. The molecule has 6 heteroatoms. The molecule has 0 rings (SSSR count). The van der Waals surface area contributed by atoms with Crippen molar-refractivity contribution < 1.29 is 19.8 Å². The lowest BCUT2D eigenvalue weighted by atomic mass is 10.1. The third-order valence-corrected chi connectivity index (χ3v) is 3.22. The van der Waals surface area contributed by atoms with Crippen LogP contribution in [0.4, 0.5) is 4.79 Å². The summed E-state index contributed by atoms with van der Waals surface area (Å²) in [6.07, 6.45) is 1.67. The minimum atomic E-state index is -1.12. The van der Waals surface area contributed by atoms with Crippen LogP contribution >= 0.6 is 0 Å². The largest absolute Gasteiger partial charge is 0.480 e. The highest BCUT2D eigenvalue weighted by atomic mass is 16.4. The standard InChI is InChI=1S/C14H28N2O4/c1-5-11(6-2)16(9-10(3)4)14(20)15-12(7-8-17)13(18)19/h10-12,17H,5-9H2,1-4H3,(H,15,20)(H,18,19)/t12-/m1/s1. The van der Waals surface area contributed by atoms with Crippen LogP contribution in [-0.2, 0) is 4.79 Å². The second-order valence-electron chi connectivity index (χ2n) is 5.37. The van der Waals surface area contributed by atoms with Gasteiger partial charge in [0.2, 0.25) is 0 Å². The molecule has 0 heterocycles. The van der Waals surface area contributed by atoms with Gasteiger partial charge in [0.05, 0.1) is 0 Å². The van der Waals surface area contributed by atoms with Gasteiger partial charge in [-0.05, 0) is 18.8 Å². The van der Waals surface area contributed by atoms with E-state index in [-0.39, 0.29) is 25.1 Å². The third-order valence-electron chi connectivity index (χ3n) is 3.22. The summed E-state index contributed by atoms with van der Waals surface area (Å²) in [7, 11) is 0. The first kappa shape index (κ1) is 18.7. The fraction of sp³-hybridized carbons (Fsp3) is 0.857. The number of carbonyl (C=O) groups is 2. The molecule has 2 amide bonds. The molecule has 0 saturated carbocycles. The maximum atomic E-state index is 12.3. The van der Waals surface area contributed by atoms with Crippen molar-refractivity contribution in [1.29, 1.82) is 0 Å². The molecule has 3 N–H and O–H groups in total. The summed E-state index contributed by atoms with van der Waals surface area (Å²) >= 11 is 0. The quantitative estimate of drug-likeness (QED) is 0.602. The van der Waals surface area contributed by atoms with Crippen LogP contribution in [0, 0.1) is 5.92 Å². The van der Waals surface area contributed by atoms with Crippen LogP contribution < -0.4 is 5.32 Å². The second kappa shape index (κ2) is 9.58. The van der Waals surface area contributed by atoms with Crippen molar-refractivity contribution in [3.8, 4) is 0 Å². The highest BCUT2D eigenvalue weighted by Gasteiger charge is 2.26. The van der Waals surface area contributed by atoms with Gasteiger partial charge >= 0.3 is 12.0 Å². The minimum Gasteiger partial charge on any atom is -0.480 e. The van der Waals surface area contributed by atoms with Crippen LogP contribution in [0.1, 0.15) is 47.0 Å². The molecule has 0 aromatic rings. The molecule has 1 atom stereocenters. The molecule has 0 unspecified atom stereocenters. The van der Waals surface area contributed by atoms with Gasteiger partial charge in [0.1, 0.15) is 6.04 Å². The number of nitrogens with one attached hydrogen (secondary N) is 1. The average molecular weight is 288 g/mol. The van der Waals surface area contributed by atoms with E-state index in [9.17, 15) is 9.59 Å². The number of aliphatic carboxylic acids is 1. The van der Waals surface area contributed by atoms with Gasteiger partial charge in [0.15, 0.2) is 0 Å². The fourth-order valence-electron chi connectivity index (χ4n) is 2.14. The summed E-state index contributed by atoms with van der Waals surface area (Å²) in [6, 6.07) is -1.31. The van der Waals surface area contributed by atoms with E-state index in [1.54, 1.807) is 4.90 Å². The normalized spacial score (nSPS) is 12.6. The van der Waals surface area contributed by atoms with Crippen LogP contribution in [0.5, 0.6) is 0 Å². The second-order valence-corrected chi connectivity index (χ2v) is 5.37. The Morgan fingerprint density at radius 2 is 1.75 bits per heavy atom. The van der Waals surface area contributed by atoms with Gasteiger partial charge in [-0.1, -0.05) is 27.7 Å². The van der Waals surface area contributed by atoms with E-state index < -0.39 is 12.0 Å². The number of amides is 2. The van der Waals surface area contributed by atoms with Crippen molar-refractivity contribution in [2.75, 3.05) is 13.2 Å². The third kappa shape index (κ3) is 6.23. The Bertz CT molecular complexity index is 304. The number of carboxylic acids is 1. The van der Waals surface area contributed by atoms with E-state index in [0.29, 0.717) is 12.5 Å². The highest BCUT2D eigenvalue weighted by Crippen LogP contribution is 2.12. The number of rotatable bonds is 9. The molecule has 0 aromatic carbocycles. The van der Waals surface area contributed by atoms with Crippen molar-refractivity contribution >= 4 is 12.0 Å². The smallest absolute Gasteiger partial charge is 0.326 e. The Kier molecular flexibility index (Phi) is 8.96. The van der Waals surface area contributed by atoms with E-state index in [1.165, 1.54) is 0 Å². The number of urea groups is 1. The molecule has 118 valence electrons. The number of aliphatic hydroxyl groups is 1. The number of aliphatic hydroxyl groups excluding tert-OH is 1. The van der Waals surface area contributed by atoms with Gasteiger partial charge in [-0.2, -0.15) is 0 Å².